The summed E-state index contributed by atoms with van der Waals surface area (Å²) < 4.78 is 43.2. The quantitative estimate of drug-likeness (QED) is 0.894. The second-order valence-corrected chi connectivity index (χ2v) is 7.44. The maximum absolute atomic E-state index is 12.1. The molecule has 1 saturated carbocycles. The van der Waals surface area contributed by atoms with E-state index in [4.69, 9.17) is 14.0 Å². The van der Waals surface area contributed by atoms with Gasteiger partial charge in [-0.2, -0.15) is 0 Å². The minimum absolute atomic E-state index is 0.0681. The SMILES string of the molecule is Cc1cc(CS(=O)(=O)NC2CCC3(CC2)OCCO3)no1. The highest BCUT2D eigenvalue weighted by Gasteiger charge is 2.41. The van der Waals surface area contributed by atoms with Crippen molar-refractivity contribution in [3.05, 3.63) is 17.5 Å². The van der Waals surface area contributed by atoms with Crippen molar-refractivity contribution in [3.8, 4) is 0 Å². The highest BCUT2D eigenvalue weighted by atomic mass is 32.2. The van der Waals surface area contributed by atoms with Crippen LogP contribution >= 0.6 is 0 Å². The number of nitrogens with zero attached hydrogens (tertiary/aromatic N) is 1. The first-order chi connectivity index (χ1) is 9.96. The van der Waals surface area contributed by atoms with Gasteiger partial charge in [0.15, 0.2) is 5.79 Å². The van der Waals surface area contributed by atoms with Gasteiger partial charge in [-0.05, 0) is 19.8 Å². The molecule has 7 nitrogen and oxygen atoms in total. The van der Waals surface area contributed by atoms with E-state index in [1.54, 1.807) is 13.0 Å². The Balaban J connectivity index is 1.54. The lowest BCUT2D eigenvalue weighted by Crippen LogP contribution is -2.44. The molecule has 1 aliphatic heterocycles. The van der Waals surface area contributed by atoms with Crippen LogP contribution < -0.4 is 4.72 Å². The molecule has 2 heterocycles. The summed E-state index contributed by atoms with van der Waals surface area (Å²) >= 11 is 0. The van der Waals surface area contributed by atoms with Gasteiger partial charge in [-0.1, -0.05) is 5.16 Å². The van der Waals surface area contributed by atoms with Gasteiger partial charge >= 0.3 is 0 Å². The molecule has 1 spiro atoms. The number of hydrogen-bond donors (Lipinski definition) is 1. The fraction of sp³-hybridized carbons (Fsp3) is 0.769. The number of aromatic nitrogens is 1. The Morgan fingerprint density at radius 1 is 1.33 bits per heavy atom. The number of ether oxygens (including phenoxy) is 2. The first kappa shape index (κ1) is 15.0. The van der Waals surface area contributed by atoms with Crippen LogP contribution in [0.2, 0.25) is 0 Å². The van der Waals surface area contributed by atoms with E-state index >= 15 is 0 Å². The molecule has 0 aromatic carbocycles. The molecule has 0 bridgehead atoms. The predicted molar refractivity (Wildman–Crippen MR) is 73.9 cm³/mol. The maximum atomic E-state index is 12.1. The number of aryl methyl sites for hydroxylation is 1. The Morgan fingerprint density at radius 3 is 2.57 bits per heavy atom. The Bertz CT molecular complexity index is 581. The zero-order valence-electron chi connectivity index (χ0n) is 12.0. The lowest BCUT2D eigenvalue weighted by Gasteiger charge is -2.35. The van der Waals surface area contributed by atoms with E-state index in [-0.39, 0.29) is 11.8 Å². The lowest BCUT2D eigenvalue weighted by atomic mass is 9.91. The Labute approximate surface area is 124 Å². The number of sulfonamides is 1. The van der Waals surface area contributed by atoms with E-state index in [1.807, 2.05) is 0 Å². The Morgan fingerprint density at radius 2 is 2.00 bits per heavy atom. The van der Waals surface area contributed by atoms with Crippen LogP contribution in [0.15, 0.2) is 10.6 Å². The fourth-order valence-electron chi connectivity index (χ4n) is 2.94. The summed E-state index contributed by atoms with van der Waals surface area (Å²) in [5.41, 5.74) is 0.426. The average molecular weight is 316 g/mol. The molecule has 21 heavy (non-hydrogen) atoms. The van der Waals surface area contributed by atoms with E-state index < -0.39 is 15.8 Å². The highest BCUT2D eigenvalue weighted by Crippen LogP contribution is 2.35. The van der Waals surface area contributed by atoms with Crippen molar-refractivity contribution in [2.24, 2.45) is 0 Å². The molecular weight excluding hydrogens is 296 g/mol. The van der Waals surface area contributed by atoms with Gasteiger partial charge in [0, 0.05) is 24.9 Å². The van der Waals surface area contributed by atoms with Gasteiger partial charge in [0.05, 0.1) is 13.2 Å². The van der Waals surface area contributed by atoms with Crippen molar-refractivity contribution in [2.45, 2.75) is 50.2 Å². The molecule has 118 valence electrons. The van der Waals surface area contributed by atoms with Crippen molar-refractivity contribution in [1.82, 2.24) is 9.88 Å². The molecule has 3 rings (SSSR count). The van der Waals surface area contributed by atoms with Crippen molar-refractivity contribution < 1.29 is 22.4 Å². The molecule has 2 fully saturated rings. The first-order valence-corrected chi connectivity index (χ1v) is 8.82. The summed E-state index contributed by atoms with van der Waals surface area (Å²) in [6.45, 7) is 2.99. The van der Waals surface area contributed by atoms with Crippen LogP contribution in [0.3, 0.4) is 0 Å². The lowest BCUT2D eigenvalue weighted by molar-refractivity contribution is -0.178. The van der Waals surface area contributed by atoms with Crippen LogP contribution in [0, 0.1) is 6.92 Å². The van der Waals surface area contributed by atoms with Gasteiger partial charge in [-0.25, -0.2) is 13.1 Å². The molecule has 8 heteroatoms. The highest BCUT2D eigenvalue weighted by molar-refractivity contribution is 7.88. The zero-order valence-corrected chi connectivity index (χ0v) is 12.8. The van der Waals surface area contributed by atoms with Gasteiger partial charge in [0.1, 0.15) is 17.2 Å². The second-order valence-electron chi connectivity index (χ2n) is 5.69. The van der Waals surface area contributed by atoms with Gasteiger partial charge in [-0.15, -0.1) is 0 Å². The van der Waals surface area contributed by atoms with Gasteiger partial charge in [0.2, 0.25) is 10.0 Å². The van der Waals surface area contributed by atoms with Gasteiger partial charge < -0.3 is 14.0 Å². The molecule has 1 aromatic heterocycles. The molecule has 1 N–H and O–H groups in total. The molecule has 0 radical (unpaired) electrons. The summed E-state index contributed by atoms with van der Waals surface area (Å²) in [6.07, 6.45) is 2.89. The predicted octanol–water partition coefficient (Wildman–Crippen LogP) is 1.09. The average Bonchev–Trinajstić information content (AvgIpc) is 3.02. The minimum Gasteiger partial charge on any atom is -0.361 e. The number of nitrogens with one attached hydrogen (secondary N) is 1. The third kappa shape index (κ3) is 3.63. The van der Waals surface area contributed by atoms with Crippen LogP contribution in [-0.4, -0.2) is 38.6 Å². The van der Waals surface area contributed by atoms with E-state index in [9.17, 15) is 8.42 Å². The van der Waals surface area contributed by atoms with E-state index in [0.717, 1.165) is 25.7 Å². The van der Waals surface area contributed by atoms with E-state index in [2.05, 4.69) is 9.88 Å². The molecule has 0 atom stereocenters. The summed E-state index contributed by atoms with van der Waals surface area (Å²) in [5, 5.41) is 3.72. The summed E-state index contributed by atoms with van der Waals surface area (Å²) in [7, 11) is -3.41. The van der Waals surface area contributed by atoms with Crippen molar-refractivity contribution in [2.75, 3.05) is 13.2 Å². The molecule has 1 saturated heterocycles. The smallest absolute Gasteiger partial charge is 0.217 e. The Kier molecular flexibility index (Phi) is 4.04. The standard InChI is InChI=1S/C13H20N2O5S/c1-10-8-12(14-20-10)9-21(16,17)15-11-2-4-13(5-3-11)18-6-7-19-13/h8,11,15H,2-7,9H2,1H3. The largest absolute Gasteiger partial charge is 0.361 e. The summed E-state index contributed by atoms with van der Waals surface area (Å²) in [6, 6.07) is 1.57. The van der Waals surface area contributed by atoms with Crippen LogP contribution in [-0.2, 0) is 25.2 Å². The second kappa shape index (κ2) is 5.68. The topological polar surface area (TPSA) is 90.7 Å². The van der Waals surface area contributed by atoms with Crippen LogP contribution in [0.1, 0.15) is 37.1 Å². The van der Waals surface area contributed by atoms with E-state index in [0.29, 0.717) is 24.7 Å². The molecule has 0 unspecified atom stereocenters. The maximum Gasteiger partial charge on any atom is 0.217 e. The first-order valence-electron chi connectivity index (χ1n) is 7.17. The molecule has 0 amide bonds. The monoisotopic (exact) mass is 316 g/mol. The third-order valence-corrected chi connectivity index (χ3v) is 5.29. The van der Waals surface area contributed by atoms with Crippen molar-refractivity contribution in [1.29, 1.82) is 0 Å². The van der Waals surface area contributed by atoms with Crippen molar-refractivity contribution >= 4 is 10.0 Å². The third-order valence-electron chi connectivity index (χ3n) is 3.92. The number of rotatable bonds is 4. The molecular formula is C13H20N2O5S. The van der Waals surface area contributed by atoms with Crippen LogP contribution in [0.4, 0.5) is 0 Å². The fourth-order valence-corrected chi connectivity index (χ4v) is 4.29. The molecule has 1 aliphatic carbocycles. The number of hydrogen-bond acceptors (Lipinski definition) is 6. The zero-order chi connectivity index (χ0) is 14.9. The minimum atomic E-state index is -3.41. The van der Waals surface area contributed by atoms with Crippen LogP contribution in [0.5, 0.6) is 0 Å². The van der Waals surface area contributed by atoms with Crippen LogP contribution in [0.25, 0.3) is 0 Å². The van der Waals surface area contributed by atoms with Crippen molar-refractivity contribution in [3.63, 3.8) is 0 Å². The van der Waals surface area contributed by atoms with Gasteiger partial charge in [0.25, 0.3) is 0 Å². The normalized spacial score (nSPS) is 22.9. The summed E-state index contributed by atoms with van der Waals surface area (Å²) in [4.78, 5) is 0. The molecule has 1 aromatic rings. The summed E-state index contributed by atoms with van der Waals surface area (Å²) in [5.74, 6) is -0.0141. The molecule has 2 aliphatic rings. The van der Waals surface area contributed by atoms with Gasteiger partial charge in [-0.3, -0.25) is 0 Å². The van der Waals surface area contributed by atoms with E-state index in [1.165, 1.54) is 0 Å². The Hall–Kier alpha value is -0.960.